The molecule has 0 unspecified atom stereocenters. The van der Waals surface area contributed by atoms with E-state index >= 15 is 0 Å². The molecule has 2 aromatic heterocycles. The van der Waals surface area contributed by atoms with E-state index < -0.39 is 12.1 Å². The second-order valence-corrected chi connectivity index (χ2v) is 8.87. The molecule has 0 spiro atoms. The zero-order chi connectivity index (χ0) is 20.8. The quantitative estimate of drug-likeness (QED) is 0.704. The second kappa shape index (κ2) is 7.43. The third kappa shape index (κ3) is 3.30. The highest BCUT2D eigenvalue weighted by Gasteiger charge is 2.47. The molecule has 0 fully saturated rings. The molecule has 4 rings (SSSR count). The maximum absolute atomic E-state index is 13.8. The summed E-state index contributed by atoms with van der Waals surface area (Å²) in [5, 5.41) is 0. The minimum atomic E-state index is -0.524. The van der Waals surface area contributed by atoms with Gasteiger partial charge in [0.05, 0.1) is 11.5 Å². The molecule has 29 heavy (non-hydrogen) atoms. The predicted octanol–water partition coefficient (Wildman–Crippen LogP) is 4.70. The Morgan fingerprint density at radius 1 is 1.31 bits per heavy atom. The van der Waals surface area contributed by atoms with Crippen molar-refractivity contribution in [2.45, 2.75) is 59.8 Å². The molecule has 0 radical (unpaired) electrons. The van der Waals surface area contributed by atoms with Gasteiger partial charge in [-0.1, -0.05) is 26.0 Å². The van der Waals surface area contributed by atoms with Crippen LogP contribution in [-0.2, 0) is 24.4 Å². The Kier molecular flexibility index (Phi) is 5.09. The van der Waals surface area contributed by atoms with E-state index in [9.17, 15) is 9.18 Å². The van der Waals surface area contributed by atoms with Crippen molar-refractivity contribution in [1.29, 1.82) is 0 Å². The largest absolute Gasteiger partial charge is 0.342 e. The lowest BCUT2D eigenvalue weighted by Crippen LogP contribution is -2.47. The molecule has 2 aromatic rings. The number of amides is 1. The van der Waals surface area contributed by atoms with Crippen LogP contribution in [0.3, 0.4) is 0 Å². The molecule has 2 aliphatic rings. The van der Waals surface area contributed by atoms with Gasteiger partial charge in [-0.3, -0.25) is 9.78 Å². The molecule has 3 heterocycles. The Morgan fingerprint density at radius 3 is 2.69 bits per heavy atom. The van der Waals surface area contributed by atoms with E-state index in [1.54, 1.807) is 6.20 Å². The van der Waals surface area contributed by atoms with Crippen molar-refractivity contribution in [1.82, 2.24) is 14.5 Å². The summed E-state index contributed by atoms with van der Waals surface area (Å²) in [6.07, 6.45) is 7.47. The zero-order valence-electron chi connectivity index (χ0n) is 17.8. The van der Waals surface area contributed by atoms with Crippen LogP contribution in [-0.4, -0.2) is 26.9 Å². The molecular weight excluding hydrogens is 365 g/mol. The minimum Gasteiger partial charge on any atom is -0.342 e. The molecule has 0 saturated heterocycles. The Hall–Kier alpha value is -2.43. The molecule has 5 heteroatoms. The summed E-state index contributed by atoms with van der Waals surface area (Å²) in [7, 11) is 0. The van der Waals surface area contributed by atoms with Gasteiger partial charge in [0.1, 0.15) is 6.67 Å². The standard InChI is InChI=1S/C24H30FN3O/c1-16(2)24(9-7-21(12-24)28-17(3)5-6-18(28)4)23(29)27-10-8-22-20(15-27)11-19(13-25)14-26-22/h5-7,9,11,14,16,21H,8,10,12-13,15H2,1-4H3/t21-,24+/m1/s1. The molecule has 1 aliphatic carbocycles. The van der Waals surface area contributed by atoms with Gasteiger partial charge in [-0.2, -0.15) is 0 Å². The number of carbonyl (C=O) groups is 1. The molecule has 0 saturated carbocycles. The number of carbonyl (C=O) groups excluding carboxylic acids is 1. The normalized spacial score (nSPS) is 23.7. The van der Waals surface area contributed by atoms with Crippen LogP contribution in [0.4, 0.5) is 4.39 Å². The van der Waals surface area contributed by atoms with Crippen molar-refractivity contribution in [3.05, 3.63) is 64.8 Å². The first-order valence-corrected chi connectivity index (χ1v) is 10.5. The van der Waals surface area contributed by atoms with Crippen LogP contribution in [0, 0.1) is 25.2 Å². The van der Waals surface area contributed by atoms with Crippen molar-refractivity contribution in [2.24, 2.45) is 11.3 Å². The summed E-state index contributed by atoms with van der Waals surface area (Å²) in [5.41, 5.74) is 4.49. The van der Waals surface area contributed by atoms with E-state index in [4.69, 9.17) is 0 Å². The minimum absolute atomic E-state index is 0.185. The molecule has 154 valence electrons. The molecule has 1 amide bonds. The lowest BCUT2D eigenvalue weighted by molar-refractivity contribution is -0.143. The van der Waals surface area contributed by atoms with Gasteiger partial charge >= 0.3 is 0 Å². The van der Waals surface area contributed by atoms with Crippen LogP contribution in [0.2, 0.25) is 0 Å². The van der Waals surface area contributed by atoms with Gasteiger partial charge in [0, 0.05) is 48.4 Å². The molecule has 0 aromatic carbocycles. The number of fused-ring (bicyclic) bond motifs is 1. The smallest absolute Gasteiger partial charge is 0.233 e. The fraction of sp³-hybridized carbons (Fsp3) is 0.500. The first kappa shape index (κ1) is 19.9. The van der Waals surface area contributed by atoms with E-state index in [1.807, 2.05) is 11.0 Å². The van der Waals surface area contributed by atoms with Crippen LogP contribution in [0.25, 0.3) is 0 Å². The van der Waals surface area contributed by atoms with Crippen molar-refractivity contribution < 1.29 is 9.18 Å². The highest BCUT2D eigenvalue weighted by molar-refractivity contribution is 5.86. The van der Waals surface area contributed by atoms with E-state index in [2.05, 4.69) is 61.5 Å². The van der Waals surface area contributed by atoms with Gasteiger partial charge in [-0.15, -0.1) is 0 Å². The lowest BCUT2D eigenvalue weighted by Gasteiger charge is -2.39. The zero-order valence-corrected chi connectivity index (χ0v) is 17.8. The Labute approximate surface area is 172 Å². The highest BCUT2D eigenvalue weighted by Crippen LogP contribution is 2.46. The van der Waals surface area contributed by atoms with E-state index in [1.165, 1.54) is 11.4 Å². The topological polar surface area (TPSA) is 38.1 Å². The van der Waals surface area contributed by atoms with Gasteiger partial charge < -0.3 is 9.47 Å². The summed E-state index contributed by atoms with van der Waals surface area (Å²) in [6.45, 7) is 9.18. The average Bonchev–Trinajstić information content (AvgIpc) is 3.30. The second-order valence-electron chi connectivity index (χ2n) is 8.87. The molecule has 4 nitrogen and oxygen atoms in total. The summed E-state index contributed by atoms with van der Waals surface area (Å²) < 4.78 is 15.4. The van der Waals surface area contributed by atoms with Crippen LogP contribution >= 0.6 is 0 Å². The van der Waals surface area contributed by atoms with Crippen LogP contribution < -0.4 is 0 Å². The fourth-order valence-corrected chi connectivity index (χ4v) is 5.00. The van der Waals surface area contributed by atoms with Crippen LogP contribution in [0.1, 0.15) is 54.5 Å². The number of hydrogen-bond acceptors (Lipinski definition) is 2. The number of pyridine rings is 1. The number of rotatable bonds is 4. The maximum Gasteiger partial charge on any atom is 0.233 e. The summed E-state index contributed by atoms with van der Waals surface area (Å²) in [6, 6.07) is 6.34. The number of hydrogen-bond donors (Lipinski definition) is 0. The predicted molar refractivity (Wildman–Crippen MR) is 112 cm³/mol. The summed E-state index contributed by atoms with van der Waals surface area (Å²) in [4.78, 5) is 20.1. The van der Waals surface area contributed by atoms with Crippen molar-refractivity contribution >= 4 is 5.91 Å². The SMILES string of the molecule is Cc1ccc(C)n1[C@@H]1C=C[C@@](C(=O)N2CCc3ncc(CF)cc3C2)(C(C)C)C1. The Bertz CT molecular complexity index is 942. The van der Waals surface area contributed by atoms with E-state index in [0.717, 1.165) is 24.1 Å². The highest BCUT2D eigenvalue weighted by atomic mass is 19.1. The number of nitrogens with zero attached hydrogens (tertiary/aromatic N) is 3. The Balaban J connectivity index is 1.60. The number of halogens is 1. The molecule has 0 N–H and O–H groups in total. The third-order valence-corrected chi connectivity index (χ3v) is 6.79. The van der Waals surface area contributed by atoms with E-state index in [0.29, 0.717) is 18.7 Å². The number of allylic oxidation sites excluding steroid dienone is 1. The number of aryl methyl sites for hydroxylation is 2. The van der Waals surface area contributed by atoms with Crippen molar-refractivity contribution in [2.75, 3.05) is 6.54 Å². The fourth-order valence-electron chi connectivity index (χ4n) is 5.00. The lowest BCUT2D eigenvalue weighted by atomic mass is 9.74. The maximum atomic E-state index is 13.8. The van der Waals surface area contributed by atoms with Gasteiger partial charge in [0.25, 0.3) is 0 Å². The molecule has 1 aliphatic heterocycles. The first-order chi connectivity index (χ1) is 13.9. The molecular formula is C24H30FN3O. The average molecular weight is 396 g/mol. The van der Waals surface area contributed by atoms with Gasteiger partial charge in [-0.25, -0.2) is 4.39 Å². The third-order valence-electron chi connectivity index (χ3n) is 6.79. The van der Waals surface area contributed by atoms with Crippen molar-refractivity contribution in [3.63, 3.8) is 0 Å². The van der Waals surface area contributed by atoms with Crippen molar-refractivity contribution in [3.8, 4) is 0 Å². The van der Waals surface area contributed by atoms with E-state index in [-0.39, 0.29) is 17.9 Å². The van der Waals surface area contributed by atoms with Gasteiger partial charge in [-0.05, 0) is 49.9 Å². The molecule has 0 bridgehead atoms. The summed E-state index contributed by atoms with van der Waals surface area (Å²) in [5.74, 6) is 0.383. The van der Waals surface area contributed by atoms with Gasteiger partial charge in [0.2, 0.25) is 5.91 Å². The van der Waals surface area contributed by atoms with Crippen LogP contribution in [0.5, 0.6) is 0 Å². The van der Waals surface area contributed by atoms with Crippen LogP contribution in [0.15, 0.2) is 36.5 Å². The number of alkyl halides is 1. The molecule has 2 atom stereocenters. The number of aromatic nitrogens is 2. The summed E-state index contributed by atoms with van der Waals surface area (Å²) >= 11 is 0. The Morgan fingerprint density at radius 2 is 2.03 bits per heavy atom. The monoisotopic (exact) mass is 395 g/mol. The van der Waals surface area contributed by atoms with Gasteiger partial charge in [0.15, 0.2) is 0 Å². The first-order valence-electron chi connectivity index (χ1n) is 10.5.